The summed E-state index contributed by atoms with van der Waals surface area (Å²) in [5.74, 6) is 0.891. The van der Waals surface area contributed by atoms with Crippen molar-refractivity contribution < 1.29 is 0 Å². The fourth-order valence-corrected chi connectivity index (χ4v) is 2.74. The molecular weight excluding hydrogens is 184 g/mol. The van der Waals surface area contributed by atoms with Crippen molar-refractivity contribution >= 4 is 0 Å². The van der Waals surface area contributed by atoms with Crippen molar-refractivity contribution in [2.45, 2.75) is 57.9 Å². The zero-order valence-corrected chi connectivity index (χ0v) is 9.76. The summed E-state index contributed by atoms with van der Waals surface area (Å²) in [4.78, 5) is 0. The molecule has 0 aromatic rings. The van der Waals surface area contributed by atoms with E-state index in [4.69, 9.17) is 5.26 Å². The van der Waals surface area contributed by atoms with Crippen LogP contribution in [-0.4, -0.2) is 12.6 Å². The average molecular weight is 206 g/mol. The molecule has 2 atom stereocenters. The number of nitrogens with zero attached hydrogens (tertiary/aromatic N) is 1. The molecule has 0 saturated heterocycles. The first kappa shape index (κ1) is 11.0. The molecule has 0 spiro atoms. The number of hydrogen-bond acceptors (Lipinski definition) is 2. The molecule has 0 aliphatic heterocycles. The molecule has 2 aliphatic carbocycles. The maximum absolute atomic E-state index is 8.74. The molecule has 15 heavy (non-hydrogen) atoms. The molecule has 2 heteroatoms. The Morgan fingerprint density at radius 2 is 2.20 bits per heavy atom. The van der Waals surface area contributed by atoms with E-state index in [-0.39, 0.29) is 0 Å². The Balaban J connectivity index is 1.71. The Hall–Kier alpha value is -0.550. The molecule has 0 heterocycles. The Kier molecular flexibility index (Phi) is 3.31. The van der Waals surface area contributed by atoms with Crippen LogP contribution in [0.2, 0.25) is 0 Å². The van der Waals surface area contributed by atoms with Gasteiger partial charge in [0.1, 0.15) is 0 Å². The highest BCUT2D eigenvalue weighted by atomic mass is 14.9. The van der Waals surface area contributed by atoms with E-state index in [2.05, 4.69) is 18.3 Å². The molecule has 2 aliphatic rings. The van der Waals surface area contributed by atoms with Crippen molar-refractivity contribution in [3.63, 3.8) is 0 Å². The van der Waals surface area contributed by atoms with Crippen LogP contribution in [0.15, 0.2) is 0 Å². The molecule has 2 fully saturated rings. The van der Waals surface area contributed by atoms with Gasteiger partial charge in [-0.2, -0.15) is 5.26 Å². The maximum Gasteiger partial charge on any atom is 0.0628 e. The summed E-state index contributed by atoms with van der Waals surface area (Å²) in [6, 6.07) is 3.05. The van der Waals surface area contributed by atoms with Gasteiger partial charge >= 0.3 is 0 Å². The summed E-state index contributed by atoms with van der Waals surface area (Å²) in [6.45, 7) is 3.44. The van der Waals surface area contributed by atoms with Gasteiger partial charge in [0, 0.05) is 19.0 Å². The minimum Gasteiger partial charge on any atom is -0.313 e. The zero-order valence-electron chi connectivity index (χ0n) is 9.76. The first-order valence-electron chi connectivity index (χ1n) is 6.34. The summed E-state index contributed by atoms with van der Waals surface area (Å²) in [5, 5.41) is 12.4. The van der Waals surface area contributed by atoms with Crippen LogP contribution in [0.1, 0.15) is 51.9 Å². The quantitative estimate of drug-likeness (QED) is 0.767. The second-order valence-corrected chi connectivity index (χ2v) is 5.68. The van der Waals surface area contributed by atoms with Gasteiger partial charge in [-0.25, -0.2) is 0 Å². The van der Waals surface area contributed by atoms with Crippen LogP contribution in [0.5, 0.6) is 0 Å². The molecule has 2 nitrogen and oxygen atoms in total. The molecule has 0 bridgehead atoms. The van der Waals surface area contributed by atoms with E-state index in [1.165, 1.54) is 38.5 Å². The standard InChI is InChI=1S/C13H22N2/c1-11-3-2-4-12(9-11)15-10-13(5-6-13)7-8-14/h11-12,15H,2-7,9-10H2,1H3. The molecule has 0 aromatic heterocycles. The lowest BCUT2D eigenvalue weighted by Crippen LogP contribution is -2.37. The van der Waals surface area contributed by atoms with Crippen LogP contribution in [0, 0.1) is 22.7 Å². The Morgan fingerprint density at radius 1 is 1.40 bits per heavy atom. The topological polar surface area (TPSA) is 35.8 Å². The van der Waals surface area contributed by atoms with Crippen LogP contribution < -0.4 is 5.32 Å². The van der Waals surface area contributed by atoms with Crippen LogP contribution in [0.4, 0.5) is 0 Å². The third-order valence-corrected chi connectivity index (χ3v) is 4.11. The predicted molar refractivity (Wildman–Crippen MR) is 61.3 cm³/mol. The predicted octanol–water partition coefficient (Wildman–Crippen LogP) is 2.85. The van der Waals surface area contributed by atoms with Crippen molar-refractivity contribution in [3.05, 3.63) is 0 Å². The van der Waals surface area contributed by atoms with Crippen molar-refractivity contribution in [2.24, 2.45) is 11.3 Å². The lowest BCUT2D eigenvalue weighted by molar-refractivity contribution is 0.285. The lowest BCUT2D eigenvalue weighted by atomic mass is 9.86. The van der Waals surface area contributed by atoms with Gasteiger partial charge in [0.15, 0.2) is 0 Å². The first-order chi connectivity index (χ1) is 7.24. The lowest BCUT2D eigenvalue weighted by Gasteiger charge is -2.29. The summed E-state index contributed by atoms with van der Waals surface area (Å²) >= 11 is 0. The van der Waals surface area contributed by atoms with Crippen molar-refractivity contribution in [2.75, 3.05) is 6.54 Å². The van der Waals surface area contributed by atoms with Gasteiger partial charge in [-0.1, -0.05) is 19.8 Å². The molecule has 2 unspecified atom stereocenters. The minimum atomic E-state index is 0.370. The third kappa shape index (κ3) is 2.95. The third-order valence-electron chi connectivity index (χ3n) is 4.11. The number of nitriles is 1. The van der Waals surface area contributed by atoms with Crippen LogP contribution >= 0.6 is 0 Å². The number of hydrogen-bond donors (Lipinski definition) is 1. The summed E-state index contributed by atoms with van der Waals surface area (Å²) in [6.07, 6.45) is 8.73. The second-order valence-electron chi connectivity index (χ2n) is 5.68. The smallest absolute Gasteiger partial charge is 0.0628 e. The van der Waals surface area contributed by atoms with Gasteiger partial charge in [-0.05, 0) is 37.0 Å². The van der Waals surface area contributed by atoms with Gasteiger partial charge in [-0.15, -0.1) is 0 Å². The van der Waals surface area contributed by atoms with Gasteiger partial charge in [0.05, 0.1) is 6.07 Å². The van der Waals surface area contributed by atoms with Gasteiger partial charge in [0.25, 0.3) is 0 Å². The highest BCUT2D eigenvalue weighted by Gasteiger charge is 2.42. The fraction of sp³-hybridized carbons (Fsp3) is 0.923. The minimum absolute atomic E-state index is 0.370. The van der Waals surface area contributed by atoms with Gasteiger partial charge in [-0.3, -0.25) is 0 Å². The number of nitrogens with one attached hydrogen (secondary N) is 1. The highest BCUT2D eigenvalue weighted by molar-refractivity contribution is 5.01. The summed E-state index contributed by atoms with van der Waals surface area (Å²) < 4.78 is 0. The van der Waals surface area contributed by atoms with Crippen LogP contribution in [0.25, 0.3) is 0 Å². The van der Waals surface area contributed by atoms with E-state index in [9.17, 15) is 0 Å². The second kappa shape index (κ2) is 4.53. The fourth-order valence-electron chi connectivity index (χ4n) is 2.74. The van der Waals surface area contributed by atoms with Crippen molar-refractivity contribution in [1.29, 1.82) is 5.26 Å². The molecule has 2 saturated carbocycles. The average Bonchev–Trinajstić information content (AvgIpc) is 2.97. The molecule has 0 aromatic carbocycles. The first-order valence-corrected chi connectivity index (χ1v) is 6.34. The Labute approximate surface area is 93.0 Å². The largest absolute Gasteiger partial charge is 0.313 e. The Morgan fingerprint density at radius 3 is 2.80 bits per heavy atom. The van der Waals surface area contributed by atoms with E-state index in [0.29, 0.717) is 5.41 Å². The molecule has 0 amide bonds. The van der Waals surface area contributed by atoms with Gasteiger partial charge < -0.3 is 5.32 Å². The maximum atomic E-state index is 8.74. The SMILES string of the molecule is CC1CCCC(NCC2(CC#N)CC2)C1. The summed E-state index contributed by atoms with van der Waals surface area (Å²) in [5.41, 5.74) is 0.370. The van der Waals surface area contributed by atoms with E-state index in [1.54, 1.807) is 0 Å². The summed E-state index contributed by atoms with van der Waals surface area (Å²) in [7, 11) is 0. The Bertz CT molecular complexity index is 250. The van der Waals surface area contributed by atoms with Crippen LogP contribution in [-0.2, 0) is 0 Å². The molecular formula is C13H22N2. The van der Waals surface area contributed by atoms with E-state index in [1.807, 2.05) is 0 Å². The van der Waals surface area contributed by atoms with E-state index < -0.39 is 0 Å². The monoisotopic (exact) mass is 206 g/mol. The van der Waals surface area contributed by atoms with E-state index >= 15 is 0 Å². The van der Waals surface area contributed by atoms with Crippen LogP contribution in [0.3, 0.4) is 0 Å². The van der Waals surface area contributed by atoms with Gasteiger partial charge in [0.2, 0.25) is 0 Å². The highest BCUT2D eigenvalue weighted by Crippen LogP contribution is 2.48. The zero-order chi connectivity index (χ0) is 10.7. The molecule has 84 valence electrons. The number of rotatable bonds is 4. The van der Waals surface area contributed by atoms with E-state index in [0.717, 1.165) is 24.9 Å². The molecule has 2 rings (SSSR count). The molecule has 1 N–H and O–H groups in total. The normalized spacial score (nSPS) is 33.3. The molecule has 0 radical (unpaired) electrons. The van der Waals surface area contributed by atoms with Crippen molar-refractivity contribution in [3.8, 4) is 6.07 Å². The van der Waals surface area contributed by atoms with Crippen molar-refractivity contribution in [1.82, 2.24) is 5.32 Å².